The van der Waals surface area contributed by atoms with Crippen LogP contribution in [-0.4, -0.2) is 35.2 Å². The van der Waals surface area contributed by atoms with E-state index in [1.807, 2.05) is 31.2 Å². The molecule has 0 aliphatic heterocycles. The number of rotatable bonds is 7. The summed E-state index contributed by atoms with van der Waals surface area (Å²) in [6.07, 6.45) is -0.252. The number of aromatic nitrogens is 2. The lowest BCUT2D eigenvalue weighted by Gasteiger charge is -2.16. The molecule has 2 aromatic rings. The van der Waals surface area contributed by atoms with Gasteiger partial charge in [-0.3, -0.25) is 0 Å². The van der Waals surface area contributed by atoms with Crippen molar-refractivity contribution < 1.29 is 14.1 Å². The zero-order chi connectivity index (χ0) is 17.5. The van der Waals surface area contributed by atoms with Gasteiger partial charge in [-0.15, -0.1) is 0 Å². The van der Waals surface area contributed by atoms with Crippen LogP contribution in [0.3, 0.4) is 0 Å². The van der Waals surface area contributed by atoms with E-state index in [1.54, 1.807) is 14.2 Å². The first-order chi connectivity index (χ1) is 11.5. The van der Waals surface area contributed by atoms with Crippen LogP contribution in [0, 0.1) is 0 Å². The van der Waals surface area contributed by atoms with Gasteiger partial charge in [0, 0.05) is 27.2 Å². The molecule has 130 valence electrons. The lowest BCUT2D eigenvalue weighted by atomic mass is 10.1. The van der Waals surface area contributed by atoms with Gasteiger partial charge in [-0.2, -0.15) is 4.98 Å². The number of hydrogen-bond acceptors (Lipinski definition) is 6. The van der Waals surface area contributed by atoms with Crippen molar-refractivity contribution in [3.8, 4) is 0 Å². The standard InChI is InChI=1S/C16H23N5O3/c1-11(23-3)15-19-14(24-20-15)10-21(2)16(22)18-9-13-6-4-12(8-17)5-7-13/h4-7,11H,8-10,17H2,1-3H3,(H,18,22). The topological polar surface area (TPSA) is 107 Å². The number of ether oxygens (including phenoxy) is 1. The number of nitrogens with one attached hydrogen (secondary N) is 1. The van der Waals surface area contributed by atoms with Crippen molar-refractivity contribution in [1.82, 2.24) is 20.4 Å². The predicted octanol–water partition coefficient (Wildman–Crippen LogP) is 1.58. The fourth-order valence-corrected chi connectivity index (χ4v) is 1.98. The Balaban J connectivity index is 1.84. The lowest BCUT2D eigenvalue weighted by Crippen LogP contribution is -2.36. The summed E-state index contributed by atoms with van der Waals surface area (Å²) in [4.78, 5) is 17.8. The molecule has 2 rings (SSSR count). The number of nitrogens with two attached hydrogens (primary N) is 1. The zero-order valence-electron chi connectivity index (χ0n) is 14.2. The maximum Gasteiger partial charge on any atom is 0.317 e. The molecule has 3 N–H and O–H groups in total. The molecular formula is C16H23N5O3. The molecule has 0 radical (unpaired) electrons. The molecule has 0 aliphatic carbocycles. The van der Waals surface area contributed by atoms with E-state index in [0.717, 1.165) is 11.1 Å². The van der Waals surface area contributed by atoms with E-state index in [-0.39, 0.29) is 18.7 Å². The Bertz CT molecular complexity index is 656. The Kier molecular flexibility index (Phi) is 6.28. The zero-order valence-corrected chi connectivity index (χ0v) is 14.2. The van der Waals surface area contributed by atoms with E-state index in [4.69, 9.17) is 15.0 Å². The fraction of sp³-hybridized carbons (Fsp3) is 0.438. The van der Waals surface area contributed by atoms with Gasteiger partial charge in [0.1, 0.15) is 12.6 Å². The second-order valence-electron chi connectivity index (χ2n) is 5.46. The van der Waals surface area contributed by atoms with E-state index >= 15 is 0 Å². The molecule has 0 saturated carbocycles. The van der Waals surface area contributed by atoms with E-state index < -0.39 is 0 Å². The van der Waals surface area contributed by atoms with Crippen LogP contribution in [0.15, 0.2) is 28.8 Å². The van der Waals surface area contributed by atoms with Crippen LogP contribution >= 0.6 is 0 Å². The van der Waals surface area contributed by atoms with Crippen molar-refractivity contribution in [2.75, 3.05) is 14.2 Å². The molecule has 0 fully saturated rings. The van der Waals surface area contributed by atoms with Gasteiger partial charge < -0.3 is 25.2 Å². The third-order valence-corrected chi connectivity index (χ3v) is 3.62. The minimum absolute atomic E-state index is 0.224. The van der Waals surface area contributed by atoms with Crippen molar-refractivity contribution in [2.45, 2.75) is 32.7 Å². The molecule has 0 spiro atoms. The fourth-order valence-electron chi connectivity index (χ4n) is 1.98. The molecule has 1 aromatic carbocycles. The summed E-state index contributed by atoms with van der Waals surface area (Å²) >= 11 is 0. The number of urea groups is 1. The van der Waals surface area contributed by atoms with E-state index in [2.05, 4.69) is 15.5 Å². The third-order valence-electron chi connectivity index (χ3n) is 3.62. The largest absolute Gasteiger partial charge is 0.374 e. The van der Waals surface area contributed by atoms with Gasteiger partial charge in [-0.05, 0) is 18.1 Å². The minimum Gasteiger partial charge on any atom is -0.374 e. The molecule has 8 nitrogen and oxygen atoms in total. The molecule has 8 heteroatoms. The second kappa shape index (κ2) is 8.42. The average Bonchev–Trinajstić information content (AvgIpc) is 3.07. The Morgan fingerprint density at radius 3 is 2.67 bits per heavy atom. The van der Waals surface area contributed by atoms with Crippen LogP contribution in [0.2, 0.25) is 0 Å². The van der Waals surface area contributed by atoms with E-state index in [1.165, 1.54) is 4.90 Å². The highest BCUT2D eigenvalue weighted by atomic mass is 16.5. The van der Waals surface area contributed by atoms with Gasteiger partial charge in [0.2, 0.25) is 5.89 Å². The van der Waals surface area contributed by atoms with Gasteiger partial charge >= 0.3 is 6.03 Å². The number of carbonyl (C=O) groups is 1. The highest BCUT2D eigenvalue weighted by molar-refractivity contribution is 5.73. The first kappa shape index (κ1) is 17.9. The molecule has 24 heavy (non-hydrogen) atoms. The number of methoxy groups -OCH3 is 1. The van der Waals surface area contributed by atoms with Gasteiger partial charge in [0.05, 0.1) is 0 Å². The predicted molar refractivity (Wildman–Crippen MR) is 87.8 cm³/mol. The molecular weight excluding hydrogens is 310 g/mol. The minimum atomic E-state index is -0.252. The van der Waals surface area contributed by atoms with Crippen LogP contribution in [0.5, 0.6) is 0 Å². The third kappa shape index (κ3) is 4.77. The summed E-state index contributed by atoms with van der Waals surface area (Å²) in [5, 5.41) is 6.67. The first-order valence-corrected chi connectivity index (χ1v) is 7.65. The number of benzene rings is 1. The van der Waals surface area contributed by atoms with Crippen LogP contribution < -0.4 is 11.1 Å². The number of carbonyl (C=O) groups excluding carboxylic acids is 1. The van der Waals surface area contributed by atoms with Gasteiger partial charge in [-0.1, -0.05) is 29.4 Å². The molecule has 1 aromatic heterocycles. The molecule has 0 aliphatic rings. The average molecular weight is 333 g/mol. The summed E-state index contributed by atoms with van der Waals surface area (Å²) in [7, 11) is 3.23. The number of hydrogen-bond donors (Lipinski definition) is 2. The number of nitrogens with zero attached hydrogens (tertiary/aromatic N) is 3. The van der Waals surface area contributed by atoms with Crippen LogP contribution in [0.25, 0.3) is 0 Å². The second-order valence-corrected chi connectivity index (χ2v) is 5.46. The normalized spacial score (nSPS) is 12.0. The lowest BCUT2D eigenvalue weighted by molar-refractivity contribution is 0.109. The summed E-state index contributed by atoms with van der Waals surface area (Å²) < 4.78 is 10.2. The molecule has 0 bridgehead atoms. The summed E-state index contributed by atoms with van der Waals surface area (Å²) in [6.45, 7) is 2.98. The Morgan fingerprint density at radius 1 is 1.38 bits per heavy atom. The first-order valence-electron chi connectivity index (χ1n) is 7.65. The van der Waals surface area contributed by atoms with Gasteiger partial charge in [0.25, 0.3) is 0 Å². The van der Waals surface area contributed by atoms with Crippen LogP contribution in [0.1, 0.15) is 35.9 Å². The molecule has 1 heterocycles. The number of amides is 2. The SMILES string of the molecule is COC(C)c1noc(CN(C)C(=O)NCc2ccc(CN)cc2)n1. The maximum absolute atomic E-state index is 12.1. The van der Waals surface area contributed by atoms with Crippen molar-refractivity contribution in [2.24, 2.45) is 5.73 Å². The molecule has 1 atom stereocenters. The summed E-state index contributed by atoms with van der Waals surface area (Å²) in [5.41, 5.74) is 7.62. The molecule has 1 unspecified atom stereocenters. The maximum atomic E-state index is 12.1. The molecule has 0 saturated heterocycles. The smallest absolute Gasteiger partial charge is 0.317 e. The van der Waals surface area contributed by atoms with E-state index in [9.17, 15) is 4.79 Å². The Hall–Kier alpha value is -2.45. The van der Waals surface area contributed by atoms with Crippen molar-refractivity contribution in [1.29, 1.82) is 0 Å². The van der Waals surface area contributed by atoms with Crippen LogP contribution in [0.4, 0.5) is 4.79 Å². The van der Waals surface area contributed by atoms with Crippen molar-refractivity contribution >= 4 is 6.03 Å². The summed E-state index contributed by atoms with van der Waals surface area (Å²) in [6, 6.07) is 7.56. The Morgan fingerprint density at radius 2 is 2.04 bits per heavy atom. The van der Waals surface area contributed by atoms with Gasteiger partial charge in [-0.25, -0.2) is 4.79 Å². The van der Waals surface area contributed by atoms with Gasteiger partial charge in [0.15, 0.2) is 5.82 Å². The van der Waals surface area contributed by atoms with Crippen molar-refractivity contribution in [3.63, 3.8) is 0 Å². The Labute approximate surface area is 141 Å². The quantitative estimate of drug-likeness (QED) is 0.796. The van der Waals surface area contributed by atoms with Crippen LogP contribution in [-0.2, 0) is 24.4 Å². The van der Waals surface area contributed by atoms with Crippen molar-refractivity contribution in [3.05, 3.63) is 47.1 Å². The molecule has 2 amide bonds. The highest BCUT2D eigenvalue weighted by Crippen LogP contribution is 2.12. The highest BCUT2D eigenvalue weighted by Gasteiger charge is 2.16. The summed E-state index contributed by atoms with van der Waals surface area (Å²) in [5.74, 6) is 0.820. The van der Waals surface area contributed by atoms with E-state index in [0.29, 0.717) is 24.8 Å². The monoisotopic (exact) mass is 333 g/mol.